The summed E-state index contributed by atoms with van der Waals surface area (Å²) in [5.41, 5.74) is 1.25. The summed E-state index contributed by atoms with van der Waals surface area (Å²) in [4.78, 5) is 1.32. The molecule has 2 N–H and O–H groups in total. The third kappa shape index (κ3) is 5.27. The van der Waals surface area contributed by atoms with Crippen molar-refractivity contribution < 1.29 is 5.11 Å². The number of benzene rings is 2. The minimum Gasteiger partial charge on any atom is -0.508 e. The van der Waals surface area contributed by atoms with Crippen LogP contribution in [0.5, 0.6) is 5.75 Å². The van der Waals surface area contributed by atoms with Gasteiger partial charge in [0.1, 0.15) is 5.75 Å². The molecule has 2 nitrogen and oxygen atoms in total. The first-order chi connectivity index (χ1) is 9.74. The van der Waals surface area contributed by atoms with Crippen LogP contribution in [0.2, 0.25) is 0 Å². The summed E-state index contributed by atoms with van der Waals surface area (Å²) < 4.78 is 0. The van der Waals surface area contributed by atoms with Crippen LogP contribution in [0.15, 0.2) is 59.5 Å². The zero-order chi connectivity index (χ0) is 14.2. The van der Waals surface area contributed by atoms with Crippen molar-refractivity contribution in [1.82, 2.24) is 5.32 Å². The lowest BCUT2D eigenvalue weighted by Crippen LogP contribution is -2.30. The van der Waals surface area contributed by atoms with E-state index in [1.54, 1.807) is 12.1 Å². The maximum atomic E-state index is 9.25. The molecule has 0 amide bonds. The Labute approximate surface area is 125 Å². The van der Waals surface area contributed by atoms with E-state index in [-0.39, 0.29) is 0 Å². The Bertz CT molecular complexity index is 498. The van der Waals surface area contributed by atoms with Crippen molar-refractivity contribution in [2.24, 2.45) is 0 Å². The molecule has 20 heavy (non-hydrogen) atoms. The highest BCUT2D eigenvalue weighted by molar-refractivity contribution is 7.99. The van der Waals surface area contributed by atoms with Gasteiger partial charge in [-0.25, -0.2) is 0 Å². The second-order valence-electron chi connectivity index (χ2n) is 4.89. The lowest BCUT2D eigenvalue weighted by atomic mass is 10.1. The molecule has 1 atom stereocenters. The van der Waals surface area contributed by atoms with Gasteiger partial charge in [-0.1, -0.05) is 30.3 Å². The summed E-state index contributed by atoms with van der Waals surface area (Å²) in [6.45, 7) is 3.19. The van der Waals surface area contributed by atoms with Crippen LogP contribution < -0.4 is 5.32 Å². The maximum absolute atomic E-state index is 9.25. The summed E-state index contributed by atoms with van der Waals surface area (Å²) in [7, 11) is 0. The maximum Gasteiger partial charge on any atom is 0.115 e. The third-order valence-electron chi connectivity index (χ3n) is 3.09. The Hall–Kier alpha value is -1.45. The standard InChI is InChI=1S/C17H21NOS/c1-14(13-15-7-9-16(19)10-8-15)18-11-12-20-17-5-3-2-4-6-17/h2-10,14,18-19H,11-13H2,1H3. The molecular weight excluding hydrogens is 266 g/mol. The van der Waals surface area contributed by atoms with Gasteiger partial charge in [0, 0.05) is 23.2 Å². The average Bonchev–Trinajstić information content (AvgIpc) is 2.47. The molecule has 0 radical (unpaired) electrons. The molecule has 0 spiro atoms. The summed E-state index contributed by atoms with van der Waals surface area (Å²) in [5.74, 6) is 1.40. The summed E-state index contributed by atoms with van der Waals surface area (Å²) in [6.07, 6.45) is 0.982. The van der Waals surface area contributed by atoms with Crippen LogP contribution in [0.25, 0.3) is 0 Å². The SMILES string of the molecule is CC(Cc1ccc(O)cc1)NCCSc1ccccc1. The largest absolute Gasteiger partial charge is 0.508 e. The quantitative estimate of drug-likeness (QED) is 0.601. The molecule has 106 valence electrons. The molecule has 0 heterocycles. The van der Waals surface area contributed by atoms with Crippen molar-refractivity contribution in [2.75, 3.05) is 12.3 Å². The van der Waals surface area contributed by atoms with E-state index in [0.29, 0.717) is 11.8 Å². The monoisotopic (exact) mass is 287 g/mol. The van der Waals surface area contributed by atoms with Gasteiger partial charge >= 0.3 is 0 Å². The molecule has 0 aromatic heterocycles. The Morgan fingerprint density at radius 2 is 1.75 bits per heavy atom. The molecule has 0 aliphatic rings. The van der Waals surface area contributed by atoms with Gasteiger partial charge in [-0.2, -0.15) is 0 Å². The molecule has 1 unspecified atom stereocenters. The van der Waals surface area contributed by atoms with Gasteiger partial charge < -0.3 is 10.4 Å². The first kappa shape index (κ1) is 14.9. The molecule has 0 bridgehead atoms. The zero-order valence-corrected chi connectivity index (χ0v) is 12.6. The number of nitrogens with one attached hydrogen (secondary N) is 1. The minimum absolute atomic E-state index is 0.327. The lowest BCUT2D eigenvalue weighted by molar-refractivity contribution is 0.474. The van der Waals surface area contributed by atoms with Gasteiger partial charge in [0.05, 0.1) is 0 Å². The van der Waals surface area contributed by atoms with E-state index >= 15 is 0 Å². The van der Waals surface area contributed by atoms with Gasteiger partial charge in [-0.05, 0) is 43.2 Å². The van der Waals surface area contributed by atoms with Crippen LogP contribution >= 0.6 is 11.8 Å². The van der Waals surface area contributed by atoms with Crippen molar-refractivity contribution in [2.45, 2.75) is 24.3 Å². The summed E-state index contributed by atoms with van der Waals surface area (Å²) in [5, 5.41) is 12.8. The Kier molecular flexibility index (Phi) is 5.96. The Morgan fingerprint density at radius 3 is 2.45 bits per heavy atom. The van der Waals surface area contributed by atoms with Crippen molar-refractivity contribution in [3.05, 3.63) is 60.2 Å². The van der Waals surface area contributed by atoms with E-state index in [2.05, 4.69) is 36.5 Å². The molecule has 0 aliphatic carbocycles. The molecule has 0 aliphatic heterocycles. The Morgan fingerprint density at radius 1 is 1.05 bits per heavy atom. The van der Waals surface area contributed by atoms with E-state index < -0.39 is 0 Å². The predicted molar refractivity (Wildman–Crippen MR) is 86.4 cm³/mol. The molecular formula is C17H21NOS. The molecule has 2 aromatic rings. The number of aromatic hydroxyl groups is 1. The van der Waals surface area contributed by atoms with Crippen molar-refractivity contribution in [1.29, 1.82) is 0 Å². The van der Waals surface area contributed by atoms with Crippen LogP contribution in [0.3, 0.4) is 0 Å². The second kappa shape index (κ2) is 7.98. The van der Waals surface area contributed by atoms with E-state index in [0.717, 1.165) is 18.7 Å². The summed E-state index contributed by atoms with van der Waals surface area (Å²) >= 11 is 1.88. The molecule has 0 saturated heterocycles. The van der Waals surface area contributed by atoms with Crippen molar-refractivity contribution >= 4 is 11.8 Å². The van der Waals surface area contributed by atoms with Gasteiger partial charge in [0.25, 0.3) is 0 Å². The number of phenolic OH excluding ortho intramolecular Hbond substituents is 1. The summed E-state index contributed by atoms with van der Waals surface area (Å²) in [6, 6.07) is 18.4. The van der Waals surface area contributed by atoms with Gasteiger partial charge in [-0.15, -0.1) is 11.8 Å². The number of rotatable bonds is 7. The highest BCUT2D eigenvalue weighted by atomic mass is 32.2. The van der Waals surface area contributed by atoms with E-state index in [1.165, 1.54) is 10.5 Å². The van der Waals surface area contributed by atoms with Crippen LogP contribution in [0.1, 0.15) is 12.5 Å². The molecule has 0 saturated carbocycles. The smallest absolute Gasteiger partial charge is 0.115 e. The van der Waals surface area contributed by atoms with E-state index in [1.807, 2.05) is 30.0 Å². The number of phenols is 1. The number of hydrogen-bond donors (Lipinski definition) is 2. The molecule has 2 aromatic carbocycles. The van der Waals surface area contributed by atoms with Gasteiger partial charge in [-0.3, -0.25) is 0 Å². The fraction of sp³-hybridized carbons (Fsp3) is 0.294. The molecule has 0 fully saturated rings. The number of hydrogen-bond acceptors (Lipinski definition) is 3. The second-order valence-corrected chi connectivity index (χ2v) is 6.06. The topological polar surface area (TPSA) is 32.3 Å². The first-order valence-electron chi connectivity index (χ1n) is 6.93. The van der Waals surface area contributed by atoms with Crippen molar-refractivity contribution in [3.8, 4) is 5.75 Å². The fourth-order valence-electron chi connectivity index (χ4n) is 2.05. The average molecular weight is 287 g/mol. The van der Waals surface area contributed by atoms with Crippen LogP contribution in [-0.4, -0.2) is 23.4 Å². The Balaban J connectivity index is 1.65. The zero-order valence-electron chi connectivity index (χ0n) is 11.8. The van der Waals surface area contributed by atoms with E-state index in [4.69, 9.17) is 0 Å². The van der Waals surface area contributed by atoms with Crippen LogP contribution in [-0.2, 0) is 6.42 Å². The number of thioether (sulfide) groups is 1. The van der Waals surface area contributed by atoms with Crippen LogP contribution in [0, 0.1) is 0 Å². The first-order valence-corrected chi connectivity index (χ1v) is 7.92. The third-order valence-corrected chi connectivity index (χ3v) is 4.10. The predicted octanol–water partition coefficient (Wildman–Crippen LogP) is 3.71. The highest BCUT2D eigenvalue weighted by Crippen LogP contribution is 2.16. The van der Waals surface area contributed by atoms with Crippen molar-refractivity contribution in [3.63, 3.8) is 0 Å². The minimum atomic E-state index is 0.327. The fourth-order valence-corrected chi connectivity index (χ4v) is 2.85. The normalized spacial score (nSPS) is 12.2. The molecule has 3 heteroatoms. The van der Waals surface area contributed by atoms with Crippen LogP contribution in [0.4, 0.5) is 0 Å². The highest BCUT2D eigenvalue weighted by Gasteiger charge is 2.03. The lowest BCUT2D eigenvalue weighted by Gasteiger charge is -2.13. The van der Waals surface area contributed by atoms with Gasteiger partial charge in [0.2, 0.25) is 0 Å². The van der Waals surface area contributed by atoms with Gasteiger partial charge in [0.15, 0.2) is 0 Å². The van der Waals surface area contributed by atoms with E-state index in [9.17, 15) is 5.11 Å². The molecule has 2 rings (SSSR count).